The summed E-state index contributed by atoms with van der Waals surface area (Å²) in [6.45, 7) is 1.86. The number of anilines is 1. The van der Waals surface area contributed by atoms with E-state index in [9.17, 15) is 0 Å². The van der Waals surface area contributed by atoms with Crippen molar-refractivity contribution in [1.82, 2.24) is 15.2 Å². The molecule has 5 nitrogen and oxygen atoms in total. The largest absolute Gasteiger partial charge is 0.339 e. The summed E-state index contributed by atoms with van der Waals surface area (Å²) in [5.41, 5.74) is 7.07. The number of hydrogen-bond donors (Lipinski definition) is 2. The van der Waals surface area contributed by atoms with Gasteiger partial charge in [0.25, 0.3) is 0 Å². The Hall–Kier alpha value is -1.59. The number of rotatable bonds is 3. The third kappa shape index (κ3) is 3.11. The van der Waals surface area contributed by atoms with E-state index in [4.69, 9.17) is 17.3 Å². The van der Waals surface area contributed by atoms with Gasteiger partial charge in [-0.25, -0.2) is 0 Å². The van der Waals surface area contributed by atoms with Crippen LogP contribution in [-0.4, -0.2) is 34.3 Å². The van der Waals surface area contributed by atoms with Gasteiger partial charge >= 0.3 is 0 Å². The molecule has 0 atom stereocenters. The van der Waals surface area contributed by atoms with E-state index in [1.54, 1.807) is 0 Å². The number of benzene rings is 1. The minimum Gasteiger partial charge on any atom is -0.339 e. The molecule has 1 aromatic carbocycles. The summed E-state index contributed by atoms with van der Waals surface area (Å²) >= 11 is 5.88. The fraction of sp³-hybridized carbons (Fsp3) is 0.429. The molecule has 3 N–H and O–H groups in total. The lowest BCUT2D eigenvalue weighted by Crippen LogP contribution is -2.40. The van der Waals surface area contributed by atoms with Crippen molar-refractivity contribution in [3.63, 3.8) is 0 Å². The molecule has 0 radical (unpaired) electrons. The molecule has 0 unspecified atom stereocenters. The van der Waals surface area contributed by atoms with Gasteiger partial charge in [-0.2, -0.15) is 4.98 Å². The van der Waals surface area contributed by atoms with Crippen LogP contribution in [0.25, 0.3) is 0 Å². The normalized spacial score (nSPS) is 16.6. The predicted molar refractivity (Wildman–Crippen MR) is 80.1 cm³/mol. The lowest BCUT2D eigenvalue weighted by molar-refractivity contribution is 0.496. The minimum absolute atomic E-state index is 0.318. The fourth-order valence-corrected chi connectivity index (χ4v) is 2.53. The van der Waals surface area contributed by atoms with Gasteiger partial charge in [-0.3, -0.25) is 5.10 Å². The summed E-state index contributed by atoms with van der Waals surface area (Å²) in [5, 5.41) is 8.06. The zero-order valence-electron chi connectivity index (χ0n) is 11.2. The molecule has 1 saturated heterocycles. The van der Waals surface area contributed by atoms with Crippen molar-refractivity contribution in [2.24, 2.45) is 5.73 Å². The van der Waals surface area contributed by atoms with Crippen LogP contribution in [-0.2, 0) is 6.42 Å². The second-order valence-electron chi connectivity index (χ2n) is 5.21. The van der Waals surface area contributed by atoms with E-state index < -0.39 is 0 Å². The second-order valence-corrected chi connectivity index (χ2v) is 5.65. The van der Waals surface area contributed by atoms with Crippen molar-refractivity contribution < 1.29 is 0 Å². The quantitative estimate of drug-likeness (QED) is 0.907. The molecule has 20 heavy (non-hydrogen) atoms. The van der Waals surface area contributed by atoms with Crippen molar-refractivity contribution in [1.29, 1.82) is 0 Å². The summed E-state index contributed by atoms with van der Waals surface area (Å²) < 4.78 is 0. The monoisotopic (exact) mass is 291 g/mol. The molecule has 106 valence electrons. The van der Waals surface area contributed by atoms with Gasteiger partial charge in [0.15, 0.2) is 0 Å². The average Bonchev–Trinajstić information content (AvgIpc) is 2.91. The Bertz CT molecular complexity index is 557. The maximum atomic E-state index is 5.91. The lowest BCUT2D eigenvalue weighted by Gasteiger charge is -2.28. The first kappa shape index (κ1) is 13.4. The highest BCUT2D eigenvalue weighted by molar-refractivity contribution is 6.30. The number of nitrogens with two attached hydrogens (primary N) is 1. The molecule has 0 aliphatic carbocycles. The Morgan fingerprint density at radius 3 is 2.65 bits per heavy atom. The van der Waals surface area contributed by atoms with Crippen LogP contribution in [0.2, 0.25) is 5.02 Å². The number of nitrogens with one attached hydrogen (secondary N) is 1. The Balaban J connectivity index is 1.66. The molecule has 2 aromatic rings. The number of aromatic nitrogens is 3. The number of aromatic amines is 1. The van der Waals surface area contributed by atoms with Crippen LogP contribution >= 0.6 is 11.6 Å². The first-order valence-corrected chi connectivity index (χ1v) is 7.25. The van der Waals surface area contributed by atoms with Gasteiger partial charge in [0.1, 0.15) is 5.82 Å². The van der Waals surface area contributed by atoms with Crippen molar-refractivity contribution in [3.8, 4) is 0 Å². The first-order valence-electron chi connectivity index (χ1n) is 6.87. The molecule has 3 rings (SSSR count). The highest BCUT2D eigenvalue weighted by Crippen LogP contribution is 2.16. The Morgan fingerprint density at radius 1 is 1.25 bits per heavy atom. The molecule has 0 bridgehead atoms. The van der Waals surface area contributed by atoms with Gasteiger partial charge in [0, 0.05) is 30.6 Å². The van der Waals surface area contributed by atoms with Crippen molar-refractivity contribution in [2.45, 2.75) is 25.3 Å². The van der Waals surface area contributed by atoms with Gasteiger partial charge in [-0.05, 0) is 30.5 Å². The van der Waals surface area contributed by atoms with Crippen molar-refractivity contribution >= 4 is 17.5 Å². The smallest absolute Gasteiger partial charge is 0.244 e. The van der Waals surface area contributed by atoms with E-state index in [2.05, 4.69) is 20.1 Å². The van der Waals surface area contributed by atoms with E-state index in [1.165, 1.54) is 0 Å². The molecule has 1 aliphatic rings. The summed E-state index contributed by atoms with van der Waals surface area (Å²) in [6, 6.07) is 8.11. The van der Waals surface area contributed by atoms with E-state index in [-0.39, 0.29) is 0 Å². The zero-order chi connectivity index (χ0) is 13.9. The molecule has 0 amide bonds. The third-order valence-corrected chi connectivity index (χ3v) is 3.88. The molecular weight excluding hydrogens is 274 g/mol. The Labute approximate surface area is 123 Å². The van der Waals surface area contributed by atoms with Crippen LogP contribution in [0.3, 0.4) is 0 Å². The first-order chi connectivity index (χ1) is 9.70. The molecule has 1 aliphatic heterocycles. The van der Waals surface area contributed by atoms with Gasteiger partial charge in [-0.1, -0.05) is 23.7 Å². The van der Waals surface area contributed by atoms with Gasteiger partial charge in [0.2, 0.25) is 5.95 Å². The van der Waals surface area contributed by atoms with Crippen LogP contribution in [0.4, 0.5) is 5.95 Å². The van der Waals surface area contributed by atoms with E-state index in [1.807, 2.05) is 24.3 Å². The predicted octanol–water partition coefficient (Wildman–Crippen LogP) is 1.98. The molecule has 1 fully saturated rings. The van der Waals surface area contributed by atoms with Gasteiger partial charge < -0.3 is 10.6 Å². The van der Waals surface area contributed by atoms with Crippen LogP contribution < -0.4 is 10.6 Å². The van der Waals surface area contributed by atoms with Crippen LogP contribution in [0, 0.1) is 0 Å². The number of hydrogen-bond acceptors (Lipinski definition) is 4. The van der Waals surface area contributed by atoms with E-state index in [0.717, 1.165) is 54.7 Å². The average molecular weight is 292 g/mol. The van der Waals surface area contributed by atoms with Crippen LogP contribution in [0.5, 0.6) is 0 Å². The molecule has 2 heterocycles. The topological polar surface area (TPSA) is 70.8 Å². The number of nitrogens with zero attached hydrogens (tertiary/aromatic N) is 3. The standard InChI is InChI=1S/C14H18ClN5/c15-11-3-1-10(2-4-11)9-13-17-14(19-18-13)20-7-5-12(16)6-8-20/h1-4,12H,5-9,16H2,(H,17,18,19). The summed E-state index contributed by atoms with van der Waals surface area (Å²) in [4.78, 5) is 6.75. The van der Waals surface area contributed by atoms with Gasteiger partial charge in [0.05, 0.1) is 0 Å². The third-order valence-electron chi connectivity index (χ3n) is 3.63. The molecular formula is C14H18ClN5. The summed E-state index contributed by atoms with van der Waals surface area (Å²) in [7, 11) is 0. The number of halogens is 1. The second kappa shape index (κ2) is 5.81. The Morgan fingerprint density at radius 2 is 1.95 bits per heavy atom. The van der Waals surface area contributed by atoms with Crippen LogP contribution in [0.15, 0.2) is 24.3 Å². The molecule has 1 aromatic heterocycles. The van der Waals surface area contributed by atoms with Crippen molar-refractivity contribution in [2.75, 3.05) is 18.0 Å². The van der Waals surface area contributed by atoms with Crippen LogP contribution in [0.1, 0.15) is 24.2 Å². The highest BCUT2D eigenvalue weighted by atomic mass is 35.5. The van der Waals surface area contributed by atoms with E-state index >= 15 is 0 Å². The SMILES string of the molecule is NC1CCN(c2n[nH]c(Cc3ccc(Cl)cc3)n2)CC1. The summed E-state index contributed by atoms with van der Waals surface area (Å²) in [5.74, 6) is 1.65. The fourth-order valence-electron chi connectivity index (χ4n) is 2.40. The lowest BCUT2D eigenvalue weighted by atomic mass is 10.1. The molecule has 0 spiro atoms. The highest BCUT2D eigenvalue weighted by Gasteiger charge is 2.19. The number of H-pyrrole nitrogens is 1. The van der Waals surface area contributed by atoms with Crippen molar-refractivity contribution in [3.05, 3.63) is 40.7 Å². The Kier molecular flexibility index (Phi) is 3.89. The molecule has 6 heteroatoms. The van der Waals surface area contributed by atoms with Gasteiger partial charge in [-0.15, -0.1) is 5.10 Å². The number of piperidine rings is 1. The summed E-state index contributed by atoms with van der Waals surface area (Å²) in [6.07, 6.45) is 2.74. The zero-order valence-corrected chi connectivity index (χ0v) is 12.0. The van der Waals surface area contributed by atoms with E-state index in [0.29, 0.717) is 6.04 Å². The molecule has 0 saturated carbocycles. The minimum atomic E-state index is 0.318. The maximum Gasteiger partial charge on any atom is 0.244 e. The maximum absolute atomic E-state index is 5.91.